The summed E-state index contributed by atoms with van der Waals surface area (Å²) in [4.78, 5) is 2.78. The van der Waals surface area contributed by atoms with Crippen LogP contribution in [0.2, 0.25) is 0 Å². The van der Waals surface area contributed by atoms with Crippen LogP contribution in [0.5, 0.6) is 0 Å². The second-order valence-electron chi connectivity index (χ2n) is 5.64. The van der Waals surface area contributed by atoms with Gasteiger partial charge in [-0.25, -0.2) is 0 Å². The number of nitriles is 1. The number of hydrogen-bond acceptors (Lipinski definition) is 3. The van der Waals surface area contributed by atoms with Crippen LogP contribution in [-0.4, -0.2) is 6.54 Å². The van der Waals surface area contributed by atoms with Crippen LogP contribution in [-0.2, 0) is 0 Å². The first-order valence-corrected chi connectivity index (χ1v) is 7.39. The number of nitrogens with one attached hydrogen (secondary N) is 1. The summed E-state index contributed by atoms with van der Waals surface area (Å²) in [5.41, 5.74) is 1.22. The van der Waals surface area contributed by atoms with Gasteiger partial charge in [0.15, 0.2) is 0 Å². The molecule has 1 unspecified atom stereocenters. The molecule has 1 atom stereocenters. The molecular weight excluding hydrogens is 240 g/mol. The van der Waals surface area contributed by atoms with Crippen molar-refractivity contribution < 1.29 is 0 Å². The summed E-state index contributed by atoms with van der Waals surface area (Å²) < 4.78 is 0. The van der Waals surface area contributed by atoms with Gasteiger partial charge in [-0.05, 0) is 65.6 Å². The predicted molar refractivity (Wildman–Crippen MR) is 78.8 cm³/mol. The number of nitrogens with zero attached hydrogens (tertiary/aromatic N) is 1. The van der Waals surface area contributed by atoms with E-state index in [-0.39, 0.29) is 5.41 Å². The zero-order valence-electron chi connectivity index (χ0n) is 12.1. The lowest BCUT2D eigenvalue weighted by atomic mass is 9.90. The maximum atomic E-state index is 8.95. The predicted octanol–water partition coefficient (Wildman–Crippen LogP) is 4.35. The second kappa shape index (κ2) is 6.36. The lowest BCUT2D eigenvalue weighted by Gasteiger charge is -2.17. The van der Waals surface area contributed by atoms with Crippen LogP contribution in [0.1, 0.15) is 55.0 Å². The number of thiophene rings is 1. The summed E-state index contributed by atoms with van der Waals surface area (Å²) in [6.07, 6.45) is 2.00. The summed E-state index contributed by atoms with van der Waals surface area (Å²) in [5.74, 6) is 0. The Balaban J connectivity index is 2.37. The van der Waals surface area contributed by atoms with Gasteiger partial charge >= 0.3 is 0 Å². The Morgan fingerprint density at radius 3 is 2.61 bits per heavy atom. The van der Waals surface area contributed by atoms with Crippen LogP contribution in [0.25, 0.3) is 0 Å². The molecule has 1 N–H and O–H groups in total. The van der Waals surface area contributed by atoms with Gasteiger partial charge in [-0.3, -0.25) is 0 Å². The minimum atomic E-state index is -0.195. The first-order chi connectivity index (χ1) is 8.35. The van der Waals surface area contributed by atoms with Gasteiger partial charge in [0.2, 0.25) is 0 Å². The lowest BCUT2D eigenvalue weighted by molar-refractivity contribution is 0.417. The smallest absolute Gasteiger partial charge is 0.0683 e. The number of aryl methyl sites for hydroxylation is 2. The third-order valence-electron chi connectivity index (χ3n) is 3.28. The van der Waals surface area contributed by atoms with Crippen molar-refractivity contribution in [3.8, 4) is 6.07 Å². The first kappa shape index (κ1) is 15.2. The topological polar surface area (TPSA) is 35.8 Å². The van der Waals surface area contributed by atoms with Crippen molar-refractivity contribution in [2.75, 3.05) is 6.54 Å². The zero-order chi connectivity index (χ0) is 13.8. The minimum absolute atomic E-state index is 0.195. The van der Waals surface area contributed by atoms with Gasteiger partial charge in [0.05, 0.1) is 11.5 Å². The highest BCUT2D eigenvalue weighted by molar-refractivity contribution is 7.12. The molecule has 3 heteroatoms. The Kier molecular flexibility index (Phi) is 5.37. The van der Waals surface area contributed by atoms with Crippen molar-refractivity contribution in [3.05, 3.63) is 21.4 Å². The highest BCUT2D eigenvalue weighted by atomic mass is 32.1. The summed E-state index contributed by atoms with van der Waals surface area (Å²) in [6, 6.07) is 5.03. The molecule has 0 aliphatic heterocycles. The monoisotopic (exact) mass is 264 g/mol. The van der Waals surface area contributed by atoms with E-state index >= 15 is 0 Å². The van der Waals surface area contributed by atoms with Crippen molar-refractivity contribution in [1.29, 1.82) is 5.26 Å². The van der Waals surface area contributed by atoms with E-state index < -0.39 is 0 Å². The van der Waals surface area contributed by atoms with Gasteiger partial charge in [0.1, 0.15) is 0 Å². The van der Waals surface area contributed by atoms with Gasteiger partial charge in [0.25, 0.3) is 0 Å². The maximum Gasteiger partial charge on any atom is 0.0683 e. The van der Waals surface area contributed by atoms with Gasteiger partial charge in [-0.15, -0.1) is 11.3 Å². The van der Waals surface area contributed by atoms with Crippen LogP contribution in [0.3, 0.4) is 0 Å². The summed E-state index contributed by atoms with van der Waals surface area (Å²) >= 11 is 1.86. The molecule has 0 radical (unpaired) electrons. The fourth-order valence-corrected chi connectivity index (χ4v) is 3.12. The third kappa shape index (κ3) is 4.44. The number of hydrogen-bond donors (Lipinski definition) is 1. The van der Waals surface area contributed by atoms with Crippen LogP contribution in [0, 0.1) is 30.6 Å². The highest BCUT2D eigenvalue weighted by Crippen LogP contribution is 2.26. The fraction of sp³-hybridized carbons (Fsp3) is 0.667. The SMILES string of the molecule is Cc1cc(C(C)NCCCC(C)(C)C#N)c(C)s1. The Morgan fingerprint density at radius 1 is 1.44 bits per heavy atom. The molecule has 0 aliphatic rings. The molecule has 1 heterocycles. The summed E-state index contributed by atoms with van der Waals surface area (Å²) in [7, 11) is 0. The van der Waals surface area contributed by atoms with E-state index in [2.05, 4.69) is 38.2 Å². The Labute approximate surface area is 115 Å². The van der Waals surface area contributed by atoms with E-state index in [9.17, 15) is 0 Å². The zero-order valence-corrected chi connectivity index (χ0v) is 12.9. The van der Waals surface area contributed by atoms with Crippen molar-refractivity contribution in [3.63, 3.8) is 0 Å². The van der Waals surface area contributed by atoms with E-state index in [0.29, 0.717) is 6.04 Å². The molecule has 0 spiro atoms. The van der Waals surface area contributed by atoms with Crippen LogP contribution in [0.4, 0.5) is 0 Å². The Morgan fingerprint density at radius 2 is 2.11 bits per heavy atom. The molecule has 0 amide bonds. The molecule has 0 aromatic carbocycles. The molecule has 0 aliphatic carbocycles. The molecule has 0 saturated carbocycles. The van der Waals surface area contributed by atoms with E-state index in [0.717, 1.165) is 19.4 Å². The lowest BCUT2D eigenvalue weighted by Crippen LogP contribution is -2.21. The molecule has 1 aromatic heterocycles. The van der Waals surface area contributed by atoms with Gasteiger partial charge in [-0.2, -0.15) is 5.26 Å². The average molecular weight is 264 g/mol. The Hall–Kier alpha value is -0.850. The van der Waals surface area contributed by atoms with E-state index in [1.54, 1.807) is 0 Å². The average Bonchev–Trinajstić information content (AvgIpc) is 2.64. The highest BCUT2D eigenvalue weighted by Gasteiger charge is 2.16. The van der Waals surface area contributed by atoms with Gasteiger partial charge in [-0.1, -0.05) is 0 Å². The van der Waals surface area contributed by atoms with Crippen LogP contribution in [0.15, 0.2) is 6.07 Å². The molecule has 0 saturated heterocycles. The molecule has 2 nitrogen and oxygen atoms in total. The van der Waals surface area contributed by atoms with E-state index in [4.69, 9.17) is 5.26 Å². The van der Waals surface area contributed by atoms with Crippen LogP contribution < -0.4 is 5.32 Å². The minimum Gasteiger partial charge on any atom is -0.310 e. The standard InChI is InChI=1S/C15H24N2S/c1-11-9-14(13(3)18-11)12(2)17-8-6-7-15(4,5)10-16/h9,12,17H,6-8H2,1-5H3. The first-order valence-electron chi connectivity index (χ1n) is 6.57. The van der Waals surface area contributed by atoms with Gasteiger partial charge < -0.3 is 5.32 Å². The molecule has 100 valence electrons. The molecular formula is C15H24N2S. The second-order valence-corrected chi connectivity index (χ2v) is 7.10. The van der Waals surface area contributed by atoms with Crippen molar-refractivity contribution in [2.45, 2.75) is 53.5 Å². The summed E-state index contributed by atoms with van der Waals surface area (Å²) in [6.45, 7) is 11.5. The third-order valence-corrected chi connectivity index (χ3v) is 4.26. The molecule has 1 rings (SSSR count). The van der Waals surface area contributed by atoms with Crippen molar-refractivity contribution >= 4 is 11.3 Å². The molecule has 0 fully saturated rings. The number of rotatable bonds is 6. The van der Waals surface area contributed by atoms with E-state index in [1.807, 2.05) is 25.2 Å². The van der Waals surface area contributed by atoms with Crippen molar-refractivity contribution in [2.24, 2.45) is 5.41 Å². The normalized spacial score (nSPS) is 13.3. The molecule has 18 heavy (non-hydrogen) atoms. The van der Waals surface area contributed by atoms with Crippen LogP contribution >= 0.6 is 11.3 Å². The molecule has 0 bridgehead atoms. The Bertz CT molecular complexity index is 426. The quantitative estimate of drug-likeness (QED) is 0.776. The summed E-state index contributed by atoms with van der Waals surface area (Å²) in [5, 5.41) is 12.5. The van der Waals surface area contributed by atoms with Gasteiger partial charge in [0, 0.05) is 15.8 Å². The van der Waals surface area contributed by atoms with Crippen molar-refractivity contribution in [1.82, 2.24) is 5.32 Å². The van der Waals surface area contributed by atoms with E-state index in [1.165, 1.54) is 15.3 Å². The fourth-order valence-electron chi connectivity index (χ4n) is 2.10. The maximum absolute atomic E-state index is 8.95. The molecule has 1 aromatic rings. The largest absolute Gasteiger partial charge is 0.310 e.